The molecule has 0 spiro atoms. The number of nitrogens with one attached hydrogen (secondary N) is 1. The van der Waals surface area contributed by atoms with Crippen molar-refractivity contribution >= 4 is 32.8 Å². The van der Waals surface area contributed by atoms with E-state index in [4.69, 9.17) is 0 Å². The molecule has 0 aliphatic heterocycles. The average molecular weight is 346 g/mol. The Bertz CT molecular complexity index is 753. The van der Waals surface area contributed by atoms with E-state index in [-0.39, 0.29) is 0 Å². The van der Waals surface area contributed by atoms with E-state index in [1.807, 2.05) is 23.0 Å². The average Bonchev–Trinajstić information content (AvgIpc) is 2.89. The summed E-state index contributed by atoms with van der Waals surface area (Å²) in [6.45, 7) is 3.71. The Hall–Kier alpha value is -1.95. The van der Waals surface area contributed by atoms with Crippen molar-refractivity contribution in [3.05, 3.63) is 46.8 Å². The molecular formula is C15H16BrN5. The maximum atomic E-state index is 4.45. The first-order valence-corrected chi connectivity index (χ1v) is 7.72. The molecule has 2 heterocycles. The van der Waals surface area contributed by atoms with Gasteiger partial charge in [0.25, 0.3) is 0 Å². The molecule has 0 atom stereocenters. The number of anilines is 1. The zero-order valence-electron chi connectivity index (χ0n) is 11.8. The van der Waals surface area contributed by atoms with E-state index in [2.05, 4.69) is 55.4 Å². The van der Waals surface area contributed by atoms with Crippen LogP contribution in [0, 0.1) is 0 Å². The third-order valence-electron chi connectivity index (χ3n) is 3.20. The molecule has 0 aliphatic carbocycles. The van der Waals surface area contributed by atoms with Gasteiger partial charge in [-0.05, 0) is 24.1 Å². The highest BCUT2D eigenvalue weighted by Crippen LogP contribution is 2.20. The fourth-order valence-corrected chi connectivity index (χ4v) is 2.65. The van der Waals surface area contributed by atoms with Crippen LogP contribution in [0.4, 0.5) is 5.82 Å². The number of hydrogen-bond acceptors (Lipinski definition) is 4. The monoisotopic (exact) mass is 345 g/mol. The summed E-state index contributed by atoms with van der Waals surface area (Å²) < 4.78 is 2.96. The lowest BCUT2D eigenvalue weighted by Crippen LogP contribution is -2.05. The first-order valence-electron chi connectivity index (χ1n) is 6.92. The van der Waals surface area contributed by atoms with Gasteiger partial charge in [0.05, 0.1) is 18.1 Å². The number of rotatable bonds is 5. The van der Waals surface area contributed by atoms with Crippen molar-refractivity contribution in [2.45, 2.75) is 19.9 Å². The first-order chi connectivity index (χ1) is 10.3. The van der Waals surface area contributed by atoms with E-state index in [0.29, 0.717) is 6.54 Å². The third-order valence-corrected chi connectivity index (χ3v) is 3.69. The fourth-order valence-electron chi connectivity index (χ4n) is 2.20. The summed E-state index contributed by atoms with van der Waals surface area (Å²) in [7, 11) is 0. The topological polar surface area (TPSA) is 55.6 Å². The Balaban J connectivity index is 1.93. The van der Waals surface area contributed by atoms with Gasteiger partial charge in [-0.3, -0.25) is 0 Å². The minimum atomic E-state index is 0.688. The van der Waals surface area contributed by atoms with Crippen LogP contribution in [0.2, 0.25) is 0 Å². The second kappa shape index (κ2) is 6.22. The van der Waals surface area contributed by atoms with Crippen LogP contribution in [-0.2, 0) is 6.54 Å². The largest absolute Gasteiger partial charge is 0.369 e. The van der Waals surface area contributed by atoms with Crippen molar-refractivity contribution in [3.8, 4) is 0 Å². The normalized spacial score (nSPS) is 11.0. The lowest BCUT2D eigenvalue weighted by atomic mass is 10.2. The Morgan fingerprint density at radius 1 is 1.29 bits per heavy atom. The third kappa shape index (κ3) is 3.05. The summed E-state index contributed by atoms with van der Waals surface area (Å²) >= 11 is 3.49. The summed E-state index contributed by atoms with van der Waals surface area (Å²) in [5.41, 5.74) is 2.03. The van der Waals surface area contributed by atoms with E-state index in [1.165, 1.54) is 5.56 Å². The molecule has 108 valence electrons. The van der Waals surface area contributed by atoms with Gasteiger partial charge in [0.1, 0.15) is 12.1 Å². The van der Waals surface area contributed by atoms with Gasteiger partial charge >= 0.3 is 0 Å². The van der Waals surface area contributed by atoms with Crippen LogP contribution in [-0.4, -0.2) is 26.3 Å². The van der Waals surface area contributed by atoms with Crippen LogP contribution in [0.3, 0.4) is 0 Å². The molecule has 1 N–H and O–H groups in total. The zero-order valence-corrected chi connectivity index (χ0v) is 13.3. The predicted octanol–water partition coefficient (Wildman–Crippen LogP) is 3.46. The molecule has 6 heteroatoms. The molecule has 2 aromatic heterocycles. The smallest absolute Gasteiger partial charge is 0.163 e. The van der Waals surface area contributed by atoms with Gasteiger partial charge in [0.15, 0.2) is 5.65 Å². The summed E-state index contributed by atoms with van der Waals surface area (Å²) in [6.07, 6.45) is 4.46. The maximum absolute atomic E-state index is 4.45. The standard InChI is InChI=1S/C15H16BrN5/c1-2-6-17-14-13-8-20-21(15(13)19-10-18-14)9-11-4-3-5-12(16)7-11/h3-5,7-8,10H,2,6,9H2,1H3,(H,17,18,19). The van der Waals surface area contributed by atoms with Gasteiger partial charge in [0.2, 0.25) is 0 Å². The summed E-state index contributed by atoms with van der Waals surface area (Å²) in [4.78, 5) is 8.66. The van der Waals surface area contributed by atoms with Crippen LogP contribution >= 0.6 is 15.9 Å². The number of benzene rings is 1. The molecule has 5 nitrogen and oxygen atoms in total. The van der Waals surface area contributed by atoms with Gasteiger partial charge < -0.3 is 5.32 Å². The van der Waals surface area contributed by atoms with E-state index in [9.17, 15) is 0 Å². The summed E-state index contributed by atoms with van der Waals surface area (Å²) in [6, 6.07) is 8.20. The van der Waals surface area contributed by atoms with Crippen LogP contribution in [0.15, 0.2) is 41.3 Å². The molecule has 1 aromatic carbocycles. The lowest BCUT2D eigenvalue weighted by Gasteiger charge is -2.06. The van der Waals surface area contributed by atoms with E-state index in [0.717, 1.165) is 34.3 Å². The van der Waals surface area contributed by atoms with Crippen LogP contribution < -0.4 is 5.32 Å². The van der Waals surface area contributed by atoms with Gasteiger partial charge in [0, 0.05) is 11.0 Å². The van der Waals surface area contributed by atoms with E-state index < -0.39 is 0 Å². The highest BCUT2D eigenvalue weighted by Gasteiger charge is 2.09. The minimum absolute atomic E-state index is 0.688. The van der Waals surface area contributed by atoms with E-state index >= 15 is 0 Å². The van der Waals surface area contributed by atoms with Gasteiger partial charge in [-0.1, -0.05) is 35.0 Å². The molecule has 0 bridgehead atoms. The van der Waals surface area contributed by atoms with Crippen molar-refractivity contribution in [3.63, 3.8) is 0 Å². The SMILES string of the molecule is CCCNc1ncnc2c1cnn2Cc1cccc(Br)c1. The molecule has 0 fully saturated rings. The zero-order chi connectivity index (χ0) is 14.7. The Morgan fingerprint density at radius 3 is 3.00 bits per heavy atom. The summed E-state index contributed by atoms with van der Waals surface area (Å²) in [5, 5.41) is 8.72. The quantitative estimate of drug-likeness (QED) is 0.769. The molecule has 21 heavy (non-hydrogen) atoms. The highest BCUT2D eigenvalue weighted by molar-refractivity contribution is 9.10. The van der Waals surface area contributed by atoms with Crippen LogP contribution in [0.25, 0.3) is 11.0 Å². The van der Waals surface area contributed by atoms with Crippen molar-refractivity contribution in [2.24, 2.45) is 0 Å². The fraction of sp³-hybridized carbons (Fsp3) is 0.267. The first kappa shape index (κ1) is 14.0. The molecule has 0 saturated heterocycles. The van der Waals surface area contributed by atoms with Crippen molar-refractivity contribution in [2.75, 3.05) is 11.9 Å². The maximum Gasteiger partial charge on any atom is 0.163 e. The molecule has 0 aliphatic rings. The number of halogens is 1. The Labute approximate surface area is 131 Å². The lowest BCUT2D eigenvalue weighted by molar-refractivity contribution is 0.703. The van der Waals surface area contributed by atoms with Gasteiger partial charge in [-0.25, -0.2) is 14.6 Å². The van der Waals surface area contributed by atoms with Crippen molar-refractivity contribution < 1.29 is 0 Å². The Morgan fingerprint density at radius 2 is 2.19 bits per heavy atom. The second-order valence-electron chi connectivity index (χ2n) is 4.82. The van der Waals surface area contributed by atoms with Gasteiger partial charge in [-0.15, -0.1) is 0 Å². The van der Waals surface area contributed by atoms with Crippen molar-refractivity contribution in [1.82, 2.24) is 19.7 Å². The van der Waals surface area contributed by atoms with E-state index in [1.54, 1.807) is 6.33 Å². The number of nitrogens with zero attached hydrogens (tertiary/aromatic N) is 4. The second-order valence-corrected chi connectivity index (χ2v) is 5.73. The summed E-state index contributed by atoms with van der Waals surface area (Å²) in [5.74, 6) is 0.849. The molecule has 0 amide bonds. The van der Waals surface area contributed by atoms with Gasteiger partial charge in [-0.2, -0.15) is 5.10 Å². The molecule has 0 unspecified atom stereocenters. The number of hydrogen-bond donors (Lipinski definition) is 1. The Kier molecular flexibility index (Phi) is 4.15. The van der Waals surface area contributed by atoms with Crippen LogP contribution in [0.1, 0.15) is 18.9 Å². The molecular weight excluding hydrogens is 330 g/mol. The minimum Gasteiger partial charge on any atom is -0.369 e. The number of fused-ring (bicyclic) bond motifs is 1. The highest BCUT2D eigenvalue weighted by atomic mass is 79.9. The molecule has 3 rings (SSSR count). The molecule has 3 aromatic rings. The van der Waals surface area contributed by atoms with Crippen molar-refractivity contribution in [1.29, 1.82) is 0 Å². The molecule has 0 saturated carbocycles. The predicted molar refractivity (Wildman–Crippen MR) is 87.3 cm³/mol. The number of aromatic nitrogens is 4. The molecule has 0 radical (unpaired) electrons. The van der Waals surface area contributed by atoms with Crippen LogP contribution in [0.5, 0.6) is 0 Å².